The van der Waals surface area contributed by atoms with Gasteiger partial charge in [-0.3, -0.25) is 9.59 Å². The van der Waals surface area contributed by atoms with Crippen molar-refractivity contribution < 1.29 is 22.8 Å². The lowest BCUT2D eigenvalue weighted by molar-refractivity contribution is -0.116. The van der Waals surface area contributed by atoms with Crippen LogP contribution in [0.15, 0.2) is 30.3 Å². The molecule has 0 radical (unpaired) electrons. The molecule has 2 aliphatic rings. The molecule has 0 spiro atoms. The molecule has 0 bridgehead atoms. The number of amides is 2. The molecule has 1 saturated heterocycles. The molecule has 146 valence electrons. The van der Waals surface area contributed by atoms with Crippen LogP contribution in [0.1, 0.15) is 22.3 Å². The highest BCUT2D eigenvalue weighted by molar-refractivity contribution is 5.95. The molecule has 28 heavy (non-hydrogen) atoms. The van der Waals surface area contributed by atoms with E-state index in [1.807, 2.05) is 18.2 Å². The van der Waals surface area contributed by atoms with E-state index < -0.39 is 28.9 Å². The molecule has 2 aromatic rings. The Morgan fingerprint density at radius 3 is 2.43 bits per heavy atom. The van der Waals surface area contributed by atoms with Gasteiger partial charge in [0.15, 0.2) is 17.5 Å². The van der Waals surface area contributed by atoms with Gasteiger partial charge in [0.25, 0.3) is 5.91 Å². The van der Waals surface area contributed by atoms with Crippen molar-refractivity contribution >= 4 is 23.2 Å². The normalized spacial score (nSPS) is 16.6. The molecule has 0 aromatic heterocycles. The average molecular weight is 389 g/mol. The second kappa shape index (κ2) is 7.18. The van der Waals surface area contributed by atoms with Crippen LogP contribution in [0.3, 0.4) is 0 Å². The number of aryl methyl sites for hydroxylation is 1. The molecule has 2 heterocycles. The van der Waals surface area contributed by atoms with Gasteiger partial charge in [-0.15, -0.1) is 0 Å². The Morgan fingerprint density at radius 2 is 1.68 bits per heavy atom. The van der Waals surface area contributed by atoms with Crippen LogP contribution in [0.4, 0.5) is 24.5 Å². The molecule has 5 nitrogen and oxygen atoms in total. The van der Waals surface area contributed by atoms with Gasteiger partial charge in [-0.05, 0) is 42.3 Å². The van der Waals surface area contributed by atoms with Crippen LogP contribution >= 0.6 is 0 Å². The Hall–Kier alpha value is -3.03. The number of benzene rings is 2. The van der Waals surface area contributed by atoms with E-state index in [2.05, 4.69) is 10.2 Å². The number of nitrogens with zero attached hydrogens (tertiary/aromatic N) is 2. The van der Waals surface area contributed by atoms with Crippen molar-refractivity contribution in [3.63, 3.8) is 0 Å². The number of piperazine rings is 1. The summed E-state index contributed by atoms with van der Waals surface area (Å²) in [5.74, 6) is -5.04. The molecule has 1 fully saturated rings. The minimum Gasteiger partial charge on any atom is -0.368 e. The summed E-state index contributed by atoms with van der Waals surface area (Å²) >= 11 is 0. The van der Waals surface area contributed by atoms with Crippen LogP contribution in [0.2, 0.25) is 0 Å². The number of carbonyl (C=O) groups excluding carboxylic acids is 2. The zero-order valence-corrected chi connectivity index (χ0v) is 15.0. The van der Waals surface area contributed by atoms with Crippen molar-refractivity contribution in [3.05, 3.63) is 58.9 Å². The SMILES string of the molecule is O=C1CCc2cc(N3CCN(C(=O)c4ccc(F)c(F)c4F)CC3)ccc2N1. The van der Waals surface area contributed by atoms with Gasteiger partial charge in [0.2, 0.25) is 5.91 Å². The third kappa shape index (κ3) is 3.30. The summed E-state index contributed by atoms with van der Waals surface area (Å²) in [6.45, 7) is 1.74. The number of fused-ring (bicyclic) bond motifs is 1. The minimum atomic E-state index is -1.63. The molecule has 0 unspecified atom stereocenters. The fourth-order valence-electron chi connectivity index (χ4n) is 3.60. The van der Waals surface area contributed by atoms with E-state index in [4.69, 9.17) is 0 Å². The van der Waals surface area contributed by atoms with Crippen LogP contribution in [0.5, 0.6) is 0 Å². The first kappa shape index (κ1) is 18.3. The number of carbonyl (C=O) groups is 2. The smallest absolute Gasteiger partial charge is 0.257 e. The Bertz CT molecular complexity index is 956. The number of hydrogen-bond acceptors (Lipinski definition) is 3. The Morgan fingerprint density at radius 1 is 0.929 bits per heavy atom. The van der Waals surface area contributed by atoms with Crippen molar-refractivity contribution in [1.82, 2.24) is 4.90 Å². The molecule has 2 amide bonds. The topological polar surface area (TPSA) is 52.7 Å². The molecule has 0 aliphatic carbocycles. The van der Waals surface area contributed by atoms with E-state index in [-0.39, 0.29) is 5.91 Å². The maximum Gasteiger partial charge on any atom is 0.257 e. The molecule has 1 N–H and O–H groups in total. The number of rotatable bonds is 2. The van der Waals surface area contributed by atoms with E-state index in [0.29, 0.717) is 39.0 Å². The summed E-state index contributed by atoms with van der Waals surface area (Å²) in [5.41, 5.74) is 2.42. The van der Waals surface area contributed by atoms with Gasteiger partial charge in [0.1, 0.15) is 0 Å². The third-order valence-electron chi connectivity index (χ3n) is 5.18. The van der Waals surface area contributed by atoms with Crippen molar-refractivity contribution in [2.75, 3.05) is 36.4 Å². The van der Waals surface area contributed by atoms with Crippen LogP contribution < -0.4 is 10.2 Å². The first-order chi connectivity index (χ1) is 13.4. The summed E-state index contributed by atoms with van der Waals surface area (Å²) in [6.07, 6.45) is 1.14. The van der Waals surface area contributed by atoms with Gasteiger partial charge in [0.05, 0.1) is 5.56 Å². The molecular weight excluding hydrogens is 371 g/mol. The van der Waals surface area contributed by atoms with E-state index >= 15 is 0 Å². The quantitative estimate of drug-likeness (QED) is 0.804. The maximum absolute atomic E-state index is 13.9. The van der Waals surface area contributed by atoms with Crippen LogP contribution in [-0.4, -0.2) is 42.9 Å². The highest BCUT2D eigenvalue weighted by Crippen LogP contribution is 2.28. The summed E-state index contributed by atoms with van der Waals surface area (Å²) < 4.78 is 40.4. The van der Waals surface area contributed by atoms with Crippen LogP contribution in [-0.2, 0) is 11.2 Å². The lowest BCUT2D eigenvalue weighted by atomic mass is 10.0. The second-order valence-corrected chi connectivity index (χ2v) is 6.89. The monoisotopic (exact) mass is 389 g/mol. The van der Waals surface area contributed by atoms with Crippen LogP contribution in [0, 0.1) is 17.5 Å². The van der Waals surface area contributed by atoms with Gasteiger partial charge >= 0.3 is 0 Å². The summed E-state index contributed by atoms with van der Waals surface area (Å²) in [5, 5.41) is 2.84. The average Bonchev–Trinajstić information content (AvgIpc) is 2.71. The van der Waals surface area contributed by atoms with Gasteiger partial charge in [-0.1, -0.05) is 0 Å². The van der Waals surface area contributed by atoms with Crippen molar-refractivity contribution in [1.29, 1.82) is 0 Å². The molecule has 8 heteroatoms. The maximum atomic E-state index is 13.9. The van der Waals surface area contributed by atoms with E-state index in [0.717, 1.165) is 29.1 Å². The van der Waals surface area contributed by atoms with Gasteiger partial charge in [-0.25, -0.2) is 13.2 Å². The van der Waals surface area contributed by atoms with Crippen LogP contribution in [0.25, 0.3) is 0 Å². The third-order valence-corrected chi connectivity index (χ3v) is 5.18. The van der Waals surface area contributed by atoms with Gasteiger partial charge in [-0.2, -0.15) is 0 Å². The Balaban J connectivity index is 1.44. The fraction of sp³-hybridized carbons (Fsp3) is 0.300. The standard InChI is InChI=1S/C20H18F3N3O2/c21-15-4-3-14(18(22)19(15)23)20(28)26-9-7-25(8-10-26)13-2-5-16-12(11-13)1-6-17(27)24-16/h2-5,11H,1,6-10H2,(H,24,27). The highest BCUT2D eigenvalue weighted by atomic mass is 19.2. The predicted octanol–water partition coefficient (Wildman–Crippen LogP) is 2.95. The summed E-state index contributed by atoms with van der Waals surface area (Å²) in [4.78, 5) is 27.5. The fourth-order valence-corrected chi connectivity index (χ4v) is 3.60. The van der Waals surface area contributed by atoms with Crippen molar-refractivity contribution in [3.8, 4) is 0 Å². The zero-order valence-electron chi connectivity index (χ0n) is 15.0. The largest absolute Gasteiger partial charge is 0.368 e. The molecule has 4 rings (SSSR count). The molecular formula is C20H18F3N3O2. The van der Waals surface area contributed by atoms with Crippen molar-refractivity contribution in [2.24, 2.45) is 0 Å². The van der Waals surface area contributed by atoms with Crippen molar-refractivity contribution in [2.45, 2.75) is 12.8 Å². The zero-order chi connectivity index (χ0) is 19.8. The second-order valence-electron chi connectivity index (χ2n) is 6.89. The Labute approximate surface area is 159 Å². The predicted molar refractivity (Wildman–Crippen MR) is 97.8 cm³/mol. The highest BCUT2D eigenvalue weighted by Gasteiger charge is 2.27. The molecule has 2 aliphatic heterocycles. The Kier molecular flexibility index (Phi) is 4.70. The number of anilines is 2. The molecule has 0 atom stereocenters. The van der Waals surface area contributed by atoms with E-state index in [1.54, 1.807) is 0 Å². The number of halogens is 3. The number of hydrogen-bond donors (Lipinski definition) is 1. The number of nitrogens with one attached hydrogen (secondary N) is 1. The molecule has 2 aromatic carbocycles. The summed E-state index contributed by atoms with van der Waals surface area (Å²) in [7, 11) is 0. The van der Waals surface area contributed by atoms with E-state index in [9.17, 15) is 22.8 Å². The minimum absolute atomic E-state index is 0.0110. The van der Waals surface area contributed by atoms with E-state index in [1.165, 1.54) is 4.90 Å². The summed E-state index contributed by atoms with van der Waals surface area (Å²) in [6, 6.07) is 7.54. The first-order valence-corrected chi connectivity index (χ1v) is 9.04. The lowest BCUT2D eigenvalue weighted by Crippen LogP contribution is -2.49. The first-order valence-electron chi connectivity index (χ1n) is 9.04. The van der Waals surface area contributed by atoms with Gasteiger partial charge in [0, 0.05) is 44.0 Å². The lowest BCUT2D eigenvalue weighted by Gasteiger charge is -2.36. The molecule has 0 saturated carbocycles. The van der Waals surface area contributed by atoms with Gasteiger partial charge < -0.3 is 15.1 Å².